The molecule has 1 aliphatic rings. The summed E-state index contributed by atoms with van der Waals surface area (Å²) in [5.41, 5.74) is 3.95. The Kier molecular flexibility index (Phi) is 5.97. The van der Waals surface area contributed by atoms with Crippen molar-refractivity contribution in [3.05, 3.63) is 70.8 Å². The van der Waals surface area contributed by atoms with Gasteiger partial charge in [0.25, 0.3) is 5.91 Å². The first-order chi connectivity index (χ1) is 12.8. The van der Waals surface area contributed by atoms with E-state index in [9.17, 15) is 13.2 Å². The molecule has 2 aromatic rings. The summed E-state index contributed by atoms with van der Waals surface area (Å²) in [7, 11) is -3.07. The summed E-state index contributed by atoms with van der Waals surface area (Å²) in [6, 6.07) is 15.3. The fourth-order valence-corrected chi connectivity index (χ4v) is 4.16. The number of carbonyl (C=O) groups excluding carboxylic acids is 1. The van der Waals surface area contributed by atoms with Crippen molar-refractivity contribution in [3.8, 4) is 0 Å². The van der Waals surface area contributed by atoms with Gasteiger partial charge in [0, 0.05) is 44.5 Å². The monoisotopic (exact) mass is 386 g/mol. The molecule has 0 aliphatic carbocycles. The highest BCUT2D eigenvalue weighted by atomic mass is 32.2. The highest BCUT2D eigenvalue weighted by molar-refractivity contribution is 7.89. The van der Waals surface area contributed by atoms with Gasteiger partial charge in [-0.1, -0.05) is 36.4 Å². The normalized spacial score (nSPS) is 15.7. The van der Waals surface area contributed by atoms with Gasteiger partial charge in [-0.05, 0) is 35.7 Å². The molecule has 27 heavy (non-hydrogen) atoms. The molecule has 0 unspecified atom stereocenters. The van der Waals surface area contributed by atoms with Crippen LogP contribution in [0, 0.1) is 6.92 Å². The van der Waals surface area contributed by atoms with E-state index in [-0.39, 0.29) is 11.7 Å². The molecule has 6 heteroatoms. The summed E-state index contributed by atoms with van der Waals surface area (Å²) < 4.78 is 22.7. The van der Waals surface area contributed by atoms with Gasteiger partial charge in [0.15, 0.2) is 9.84 Å². The molecular weight excluding hydrogens is 360 g/mol. The van der Waals surface area contributed by atoms with E-state index in [1.54, 1.807) is 24.3 Å². The van der Waals surface area contributed by atoms with E-state index >= 15 is 0 Å². The number of aryl methyl sites for hydroxylation is 1. The Labute approximate surface area is 161 Å². The number of benzene rings is 2. The van der Waals surface area contributed by atoms with Crippen molar-refractivity contribution < 1.29 is 13.2 Å². The van der Waals surface area contributed by atoms with Gasteiger partial charge in [0.2, 0.25) is 0 Å². The fourth-order valence-electron chi connectivity index (χ4n) is 3.37. The van der Waals surface area contributed by atoms with Crippen LogP contribution in [0.4, 0.5) is 0 Å². The lowest BCUT2D eigenvalue weighted by atomic mass is 10.1. The average Bonchev–Trinajstić information content (AvgIpc) is 2.63. The number of carbonyl (C=O) groups is 1. The van der Waals surface area contributed by atoms with Crippen molar-refractivity contribution in [1.29, 1.82) is 0 Å². The molecule has 3 rings (SSSR count). The second-order valence-corrected chi connectivity index (χ2v) is 9.40. The minimum atomic E-state index is -3.07. The van der Waals surface area contributed by atoms with Crippen LogP contribution in [0.3, 0.4) is 0 Å². The molecule has 1 amide bonds. The summed E-state index contributed by atoms with van der Waals surface area (Å²) in [6.45, 7) is 6.15. The van der Waals surface area contributed by atoms with Crippen LogP contribution in [-0.2, 0) is 22.1 Å². The first kappa shape index (κ1) is 19.6. The van der Waals surface area contributed by atoms with E-state index in [0.29, 0.717) is 24.2 Å². The highest BCUT2D eigenvalue weighted by Gasteiger charge is 2.22. The number of hydrogen-bond acceptors (Lipinski definition) is 4. The van der Waals surface area contributed by atoms with Crippen molar-refractivity contribution in [2.45, 2.75) is 19.2 Å². The van der Waals surface area contributed by atoms with Crippen molar-refractivity contribution in [2.75, 3.05) is 32.4 Å². The van der Waals surface area contributed by atoms with Gasteiger partial charge in [0.1, 0.15) is 0 Å². The van der Waals surface area contributed by atoms with Gasteiger partial charge in [0.05, 0.1) is 5.75 Å². The van der Waals surface area contributed by atoms with E-state index in [0.717, 1.165) is 19.6 Å². The van der Waals surface area contributed by atoms with Crippen molar-refractivity contribution in [3.63, 3.8) is 0 Å². The van der Waals surface area contributed by atoms with Crippen LogP contribution in [0.5, 0.6) is 0 Å². The van der Waals surface area contributed by atoms with Crippen molar-refractivity contribution >= 4 is 15.7 Å². The third-order valence-electron chi connectivity index (χ3n) is 4.94. The second-order valence-electron chi connectivity index (χ2n) is 7.26. The smallest absolute Gasteiger partial charge is 0.253 e. The third kappa shape index (κ3) is 5.40. The van der Waals surface area contributed by atoms with E-state index in [1.165, 1.54) is 17.4 Å². The zero-order valence-electron chi connectivity index (χ0n) is 15.9. The number of amides is 1. The minimum Gasteiger partial charge on any atom is -0.336 e. The largest absolute Gasteiger partial charge is 0.336 e. The molecule has 1 saturated heterocycles. The van der Waals surface area contributed by atoms with Gasteiger partial charge < -0.3 is 4.90 Å². The van der Waals surface area contributed by atoms with Gasteiger partial charge in [-0.3, -0.25) is 9.69 Å². The zero-order chi connectivity index (χ0) is 19.4. The van der Waals surface area contributed by atoms with E-state index < -0.39 is 9.84 Å². The molecule has 0 aromatic heterocycles. The number of sulfone groups is 1. The van der Waals surface area contributed by atoms with Crippen LogP contribution >= 0.6 is 0 Å². The van der Waals surface area contributed by atoms with Crippen LogP contribution in [0.15, 0.2) is 48.5 Å². The highest BCUT2D eigenvalue weighted by Crippen LogP contribution is 2.15. The maximum Gasteiger partial charge on any atom is 0.253 e. The lowest BCUT2D eigenvalue weighted by molar-refractivity contribution is 0.0628. The van der Waals surface area contributed by atoms with Crippen LogP contribution in [0.25, 0.3) is 0 Å². The summed E-state index contributed by atoms with van der Waals surface area (Å²) in [6.07, 6.45) is 1.21. The summed E-state index contributed by atoms with van der Waals surface area (Å²) in [5.74, 6) is 0.00965. The van der Waals surface area contributed by atoms with Crippen LogP contribution in [-0.4, -0.2) is 56.6 Å². The molecular formula is C21H26N2O3S. The Balaban J connectivity index is 1.56. The Morgan fingerprint density at radius 3 is 2.19 bits per heavy atom. The van der Waals surface area contributed by atoms with Gasteiger partial charge >= 0.3 is 0 Å². The molecule has 1 aliphatic heterocycles. The lowest BCUT2D eigenvalue weighted by Crippen LogP contribution is -2.48. The van der Waals surface area contributed by atoms with E-state index in [2.05, 4.69) is 36.1 Å². The van der Waals surface area contributed by atoms with E-state index in [4.69, 9.17) is 0 Å². The third-order valence-corrected chi connectivity index (χ3v) is 5.80. The quantitative estimate of drug-likeness (QED) is 0.792. The van der Waals surface area contributed by atoms with Crippen LogP contribution in [0.2, 0.25) is 0 Å². The summed E-state index contributed by atoms with van der Waals surface area (Å²) in [5, 5.41) is 0. The molecule has 144 valence electrons. The molecule has 0 bridgehead atoms. The number of hydrogen-bond donors (Lipinski definition) is 0. The second kappa shape index (κ2) is 8.23. The average molecular weight is 387 g/mol. The molecule has 1 heterocycles. The molecule has 0 radical (unpaired) electrons. The molecule has 2 aromatic carbocycles. The predicted molar refractivity (Wildman–Crippen MR) is 107 cm³/mol. The lowest BCUT2D eigenvalue weighted by Gasteiger charge is -2.35. The standard InChI is InChI=1S/C21H26N2O3S/c1-17-5-3-4-6-20(17)15-22-11-13-23(14-12-22)21(24)19-9-7-18(8-10-19)16-27(2,25)26/h3-10H,11-16H2,1-2H3. The van der Waals surface area contributed by atoms with Gasteiger partial charge in [-0.2, -0.15) is 0 Å². The Hall–Kier alpha value is -2.18. The SMILES string of the molecule is Cc1ccccc1CN1CCN(C(=O)c2ccc(CS(C)(=O)=O)cc2)CC1. The topological polar surface area (TPSA) is 57.7 Å². The molecule has 5 nitrogen and oxygen atoms in total. The van der Waals surface area contributed by atoms with Gasteiger partial charge in [-0.15, -0.1) is 0 Å². The zero-order valence-corrected chi connectivity index (χ0v) is 16.7. The Morgan fingerprint density at radius 2 is 1.59 bits per heavy atom. The molecule has 0 saturated carbocycles. The minimum absolute atomic E-state index is 0.000945. The molecule has 0 atom stereocenters. The van der Waals surface area contributed by atoms with E-state index in [1.807, 2.05) is 4.90 Å². The number of nitrogens with zero attached hydrogens (tertiary/aromatic N) is 2. The maximum absolute atomic E-state index is 12.7. The van der Waals surface area contributed by atoms with Gasteiger partial charge in [-0.25, -0.2) is 8.42 Å². The summed E-state index contributed by atoms with van der Waals surface area (Å²) in [4.78, 5) is 17.0. The molecule has 0 spiro atoms. The van der Waals surface area contributed by atoms with Crippen molar-refractivity contribution in [2.24, 2.45) is 0 Å². The Morgan fingerprint density at radius 1 is 0.963 bits per heavy atom. The Bertz CT molecular complexity index is 899. The number of piperazine rings is 1. The van der Waals surface area contributed by atoms with Crippen molar-refractivity contribution in [1.82, 2.24) is 9.80 Å². The fraction of sp³-hybridized carbons (Fsp3) is 0.381. The predicted octanol–water partition coefficient (Wildman–Crippen LogP) is 2.50. The van der Waals surface area contributed by atoms with Crippen LogP contribution < -0.4 is 0 Å². The molecule has 0 N–H and O–H groups in total. The van der Waals surface area contributed by atoms with Crippen LogP contribution in [0.1, 0.15) is 27.0 Å². The maximum atomic E-state index is 12.7. The first-order valence-corrected chi connectivity index (χ1v) is 11.2. The number of rotatable bonds is 5. The summed E-state index contributed by atoms with van der Waals surface area (Å²) >= 11 is 0. The first-order valence-electron chi connectivity index (χ1n) is 9.14. The molecule has 1 fully saturated rings.